The molecule has 0 fully saturated rings. The lowest BCUT2D eigenvalue weighted by Crippen LogP contribution is -2.08. The molecule has 0 aliphatic rings. The number of hydrogen-bond acceptors (Lipinski definition) is 4. The van der Waals surface area contributed by atoms with Crippen molar-refractivity contribution < 1.29 is 14.6 Å². The second kappa shape index (κ2) is 5.87. The zero-order valence-corrected chi connectivity index (χ0v) is 10.5. The average molecular weight is 249 g/mol. The predicted molar refractivity (Wildman–Crippen MR) is 64.8 cm³/mol. The van der Waals surface area contributed by atoms with E-state index >= 15 is 0 Å². The summed E-state index contributed by atoms with van der Waals surface area (Å²) in [6.07, 6.45) is 2.80. The Morgan fingerprint density at radius 3 is 2.89 bits per heavy atom. The van der Waals surface area contributed by atoms with E-state index < -0.39 is 5.97 Å². The Labute approximate surface area is 105 Å². The van der Waals surface area contributed by atoms with Gasteiger partial charge in [0.05, 0.1) is 12.3 Å². The van der Waals surface area contributed by atoms with Crippen LogP contribution < -0.4 is 4.74 Å². The van der Waals surface area contributed by atoms with E-state index in [1.54, 1.807) is 19.2 Å². The number of aryl methyl sites for hydroxylation is 1. The largest absolute Gasteiger partial charge is 0.477 e. The lowest BCUT2D eigenvalue weighted by molar-refractivity contribution is -0.132. The van der Waals surface area contributed by atoms with Gasteiger partial charge in [-0.3, -0.25) is 4.57 Å². The van der Waals surface area contributed by atoms with Crippen molar-refractivity contribution in [3.8, 4) is 12.1 Å². The Morgan fingerprint density at radius 2 is 2.39 bits per heavy atom. The van der Waals surface area contributed by atoms with Crippen molar-refractivity contribution in [2.75, 3.05) is 6.61 Å². The molecule has 96 valence electrons. The first kappa shape index (κ1) is 13.8. The van der Waals surface area contributed by atoms with Crippen molar-refractivity contribution in [3.05, 3.63) is 17.5 Å². The number of carbonyl (C=O) groups is 1. The van der Waals surface area contributed by atoms with Crippen LogP contribution in [0.4, 0.5) is 0 Å². The molecule has 0 aliphatic heterocycles. The van der Waals surface area contributed by atoms with Crippen molar-refractivity contribution >= 4 is 12.2 Å². The maximum absolute atomic E-state index is 10.8. The van der Waals surface area contributed by atoms with E-state index in [-0.39, 0.29) is 11.6 Å². The SMILES string of the molecule is Cc1cn(C=C(C#N)C(=O)O)c(OCC(C)C)n1. The number of nitrogens with zero attached hydrogens (tertiary/aromatic N) is 3. The molecule has 0 atom stereocenters. The fourth-order valence-corrected chi connectivity index (χ4v) is 1.21. The minimum atomic E-state index is -1.28. The van der Waals surface area contributed by atoms with Gasteiger partial charge in [0.15, 0.2) is 5.57 Å². The van der Waals surface area contributed by atoms with Crippen LogP contribution in [0.5, 0.6) is 6.01 Å². The summed E-state index contributed by atoms with van der Waals surface area (Å²) in [5.74, 6) is -0.951. The van der Waals surface area contributed by atoms with E-state index in [1.165, 1.54) is 10.8 Å². The van der Waals surface area contributed by atoms with E-state index in [2.05, 4.69) is 4.98 Å². The van der Waals surface area contributed by atoms with Crippen molar-refractivity contribution in [3.63, 3.8) is 0 Å². The minimum absolute atomic E-state index is 0.287. The number of hydrogen-bond donors (Lipinski definition) is 1. The highest BCUT2D eigenvalue weighted by molar-refractivity contribution is 5.94. The number of carboxylic acid groups (broad SMARTS) is 1. The number of aliphatic carboxylic acids is 1. The molecule has 18 heavy (non-hydrogen) atoms. The number of carboxylic acids is 1. The average Bonchev–Trinajstić information content (AvgIpc) is 2.63. The lowest BCUT2D eigenvalue weighted by atomic mass is 10.2. The molecule has 0 saturated carbocycles. The molecule has 0 radical (unpaired) electrons. The highest BCUT2D eigenvalue weighted by atomic mass is 16.5. The zero-order valence-electron chi connectivity index (χ0n) is 10.5. The van der Waals surface area contributed by atoms with Crippen LogP contribution in [-0.4, -0.2) is 27.2 Å². The summed E-state index contributed by atoms with van der Waals surface area (Å²) in [4.78, 5) is 14.9. The third kappa shape index (κ3) is 3.63. The minimum Gasteiger partial charge on any atom is -0.477 e. The third-order valence-corrected chi connectivity index (χ3v) is 1.98. The Morgan fingerprint density at radius 1 is 1.72 bits per heavy atom. The second-order valence-corrected chi connectivity index (χ2v) is 4.24. The molecule has 1 heterocycles. The van der Waals surface area contributed by atoms with Crippen molar-refractivity contribution in [2.24, 2.45) is 5.92 Å². The summed E-state index contributed by atoms with van der Waals surface area (Å²) in [7, 11) is 0. The van der Waals surface area contributed by atoms with E-state index in [4.69, 9.17) is 15.1 Å². The number of imidazole rings is 1. The van der Waals surface area contributed by atoms with Gasteiger partial charge in [0.2, 0.25) is 0 Å². The molecule has 1 aromatic heterocycles. The Kier molecular flexibility index (Phi) is 4.49. The monoisotopic (exact) mass is 249 g/mol. The molecular formula is C12H15N3O3. The topological polar surface area (TPSA) is 88.1 Å². The molecule has 1 rings (SSSR count). The molecule has 0 spiro atoms. The Balaban J connectivity index is 3.02. The highest BCUT2D eigenvalue weighted by Gasteiger charge is 2.10. The van der Waals surface area contributed by atoms with Crippen LogP contribution >= 0.6 is 0 Å². The van der Waals surface area contributed by atoms with Crippen LogP contribution in [0.2, 0.25) is 0 Å². The van der Waals surface area contributed by atoms with Gasteiger partial charge in [-0.15, -0.1) is 0 Å². The molecule has 0 aliphatic carbocycles. The van der Waals surface area contributed by atoms with Crippen molar-refractivity contribution in [1.29, 1.82) is 5.26 Å². The number of rotatable bonds is 5. The van der Waals surface area contributed by atoms with Gasteiger partial charge in [-0.1, -0.05) is 13.8 Å². The molecule has 0 bridgehead atoms. The summed E-state index contributed by atoms with van der Waals surface area (Å²) < 4.78 is 6.86. The van der Waals surface area contributed by atoms with Crippen molar-refractivity contribution in [1.82, 2.24) is 9.55 Å². The van der Waals surface area contributed by atoms with Gasteiger partial charge in [-0.05, 0) is 12.8 Å². The van der Waals surface area contributed by atoms with Gasteiger partial charge in [-0.2, -0.15) is 5.26 Å². The molecule has 1 N–H and O–H groups in total. The first-order valence-electron chi connectivity index (χ1n) is 5.47. The van der Waals surface area contributed by atoms with Crippen LogP contribution in [0.25, 0.3) is 6.20 Å². The fraction of sp³-hybridized carbons (Fsp3) is 0.417. The zero-order chi connectivity index (χ0) is 13.7. The summed E-state index contributed by atoms with van der Waals surface area (Å²) in [5, 5.41) is 17.5. The van der Waals surface area contributed by atoms with Crippen LogP contribution in [0.3, 0.4) is 0 Å². The maximum Gasteiger partial charge on any atom is 0.347 e. The summed E-state index contributed by atoms with van der Waals surface area (Å²) in [6.45, 7) is 6.22. The van der Waals surface area contributed by atoms with E-state index in [0.29, 0.717) is 18.2 Å². The van der Waals surface area contributed by atoms with Gasteiger partial charge in [0.25, 0.3) is 0 Å². The Hall–Kier alpha value is -2.29. The Bertz CT molecular complexity index is 509. The molecule has 0 unspecified atom stereocenters. The number of nitriles is 1. The first-order chi connectivity index (χ1) is 8.43. The quantitative estimate of drug-likeness (QED) is 0.633. The molecule has 6 nitrogen and oxygen atoms in total. The second-order valence-electron chi connectivity index (χ2n) is 4.24. The van der Waals surface area contributed by atoms with Crippen LogP contribution in [0, 0.1) is 24.2 Å². The first-order valence-corrected chi connectivity index (χ1v) is 5.47. The normalized spacial score (nSPS) is 11.4. The smallest absolute Gasteiger partial charge is 0.347 e. The van der Waals surface area contributed by atoms with Gasteiger partial charge in [0.1, 0.15) is 6.07 Å². The van der Waals surface area contributed by atoms with Gasteiger partial charge >= 0.3 is 12.0 Å². The fourth-order valence-electron chi connectivity index (χ4n) is 1.21. The van der Waals surface area contributed by atoms with Crippen LogP contribution in [-0.2, 0) is 4.79 Å². The number of ether oxygens (including phenoxy) is 1. The van der Waals surface area contributed by atoms with E-state index in [1.807, 2.05) is 13.8 Å². The standard InChI is InChI=1S/C12H15N3O3/c1-8(2)7-18-12-14-9(3)5-15(12)6-10(4-13)11(16)17/h5-6,8H,7H2,1-3H3,(H,16,17). The van der Waals surface area contributed by atoms with Crippen LogP contribution in [0.1, 0.15) is 19.5 Å². The predicted octanol–water partition coefficient (Wildman–Crippen LogP) is 1.68. The van der Waals surface area contributed by atoms with E-state index in [9.17, 15) is 4.79 Å². The molecule has 6 heteroatoms. The molecular weight excluding hydrogens is 234 g/mol. The van der Waals surface area contributed by atoms with E-state index in [0.717, 1.165) is 0 Å². The highest BCUT2D eigenvalue weighted by Crippen LogP contribution is 2.14. The van der Waals surface area contributed by atoms with Gasteiger partial charge in [0, 0.05) is 12.4 Å². The van der Waals surface area contributed by atoms with Crippen LogP contribution in [0.15, 0.2) is 11.8 Å². The van der Waals surface area contributed by atoms with Crippen molar-refractivity contribution in [2.45, 2.75) is 20.8 Å². The third-order valence-electron chi connectivity index (χ3n) is 1.98. The summed E-state index contributed by atoms with van der Waals surface area (Å²) >= 11 is 0. The molecule has 0 saturated heterocycles. The molecule has 0 amide bonds. The molecule has 1 aromatic rings. The summed E-state index contributed by atoms with van der Waals surface area (Å²) in [6, 6.07) is 1.90. The summed E-state index contributed by atoms with van der Waals surface area (Å²) in [5.41, 5.74) is 0.314. The molecule has 0 aromatic carbocycles. The lowest BCUT2D eigenvalue weighted by Gasteiger charge is -2.07. The number of aromatic nitrogens is 2. The maximum atomic E-state index is 10.8. The van der Waals surface area contributed by atoms with Gasteiger partial charge in [-0.25, -0.2) is 9.78 Å². The van der Waals surface area contributed by atoms with Gasteiger partial charge < -0.3 is 9.84 Å².